The Labute approximate surface area is 224 Å². The van der Waals surface area contributed by atoms with Crippen LogP contribution < -0.4 is 0 Å². The molecule has 0 fully saturated rings. The van der Waals surface area contributed by atoms with Crippen molar-refractivity contribution in [1.82, 2.24) is 14.7 Å². The maximum atomic E-state index is 13.6. The number of benzene rings is 2. The maximum absolute atomic E-state index is 13.6. The fraction of sp³-hybridized carbons (Fsp3) is 0.448. The normalized spacial score (nSPS) is 13.8. The highest BCUT2D eigenvalue weighted by atomic mass is 16.6. The summed E-state index contributed by atoms with van der Waals surface area (Å²) in [6, 6.07) is 13.9. The third kappa shape index (κ3) is 6.15. The van der Waals surface area contributed by atoms with Gasteiger partial charge in [-0.3, -0.25) is 19.3 Å². The van der Waals surface area contributed by atoms with Gasteiger partial charge in [-0.1, -0.05) is 62.4 Å². The molecule has 0 saturated carbocycles. The molecule has 38 heavy (non-hydrogen) atoms. The summed E-state index contributed by atoms with van der Waals surface area (Å²) in [5.74, 6) is -2.30. The van der Waals surface area contributed by atoms with Crippen LogP contribution in [0.1, 0.15) is 43.7 Å². The molecule has 1 aliphatic carbocycles. The molecule has 0 bridgehead atoms. The van der Waals surface area contributed by atoms with Gasteiger partial charge in [0.15, 0.2) is 0 Å². The predicted molar refractivity (Wildman–Crippen MR) is 144 cm³/mol. The zero-order valence-corrected chi connectivity index (χ0v) is 22.9. The number of aliphatic carboxylic acids is 1. The van der Waals surface area contributed by atoms with E-state index >= 15 is 0 Å². The van der Waals surface area contributed by atoms with E-state index in [1.165, 1.54) is 38.0 Å². The van der Waals surface area contributed by atoms with E-state index in [2.05, 4.69) is 12.1 Å². The Hall–Kier alpha value is -3.88. The molecule has 1 aliphatic rings. The van der Waals surface area contributed by atoms with Crippen LogP contribution in [0.15, 0.2) is 48.5 Å². The summed E-state index contributed by atoms with van der Waals surface area (Å²) in [5.41, 5.74) is 4.39. The van der Waals surface area contributed by atoms with Crippen LogP contribution in [0, 0.1) is 5.92 Å². The van der Waals surface area contributed by atoms with Crippen molar-refractivity contribution in [2.24, 2.45) is 5.92 Å². The molecule has 0 radical (unpaired) electrons. The van der Waals surface area contributed by atoms with Gasteiger partial charge in [0.25, 0.3) is 0 Å². The number of carbonyl (C=O) groups is 4. The highest BCUT2D eigenvalue weighted by Gasteiger charge is 2.38. The van der Waals surface area contributed by atoms with Crippen LogP contribution in [0.5, 0.6) is 0 Å². The fourth-order valence-corrected chi connectivity index (χ4v) is 4.94. The van der Waals surface area contributed by atoms with Crippen LogP contribution in [-0.4, -0.2) is 90.6 Å². The summed E-state index contributed by atoms with van der Waals surface area (Å²) in [6.07, 6.45) is -0.879. The quantitative estimate of drug-likeness (QED) is 0.509. The molecule has 9 heteroatoms. The molecule has 0 spiro atoms. The van der Waals surface area contributed by atoms with E-state index in [0.717, 1.165) is 27.2 Å². The standard InChI is InChI=1S/C29H37N3O6/c1-18(2)15-24(28(36)31(5)25(16-26(33)34)27(35)30(3)4)32(6)29(37)38-17-23-21-13-9-7-11-19(21)20-12-8-10-14-22(20)23/h7-14,18,23-25H,15-17H2,1-6H3,(H,33,34)/t24-,25-/m0/s1. The third-order valence-corrected chi connectivity index (χ3v) is 6.98. The first kappa shape index (κ1) is 28.7. The minimum absolute atomic E-state index is 0.0451. The van der Waals surface area contributed by atoms with Crippen molar-refractivity contribution in [3.05, 3.63) is 59.7 Å². The van der Waals surface area contributed by atoms with Gasteiger partial charge in [0.1, 0.15) is 18.7 Å². The van der Waals surface area contributed by atoms with E-state index in [-0.39, 0.29) is 18.4 Å². The van der Waals surface area contributed by atoms with Gasteiger partial charge in [0.05, 0.1) is 6.42 Å². The van der Waals surface area contributed by atoms with E-state index < -0.39 is 42.4 Å². The minimum Gasteiger partial charge on any atom is -0.481 e. The van der Waals surface area contributed by atoms with Crippen LogP contribution in [-0.2, 0) is 19.1 Å². The molecule has 2 atom stereocenters. The van der Waals surface area contributed by atoms with Crippen molar-refractivity contribution in [2.45, 2.75) is 44.7 Å². The highest BCUT2D eigenvalue weighted by Crippen LogP contribution is 2.44. The fourth-order valence-electron chi connectivity index (χ4n) is 4.94. The number of ether oxygens (including phenoxy) is 1. The largest absolute Gasteiger partial charge is 0.481 e. The van der Waals surface area contributed by atoms with E-state index in [0.29, 0.717) is 6.42 Å². The molecule has 0 aromatic heterocycles. The van der Waals surface area contributed by atoms with Gasteiger partial charge in [-0.15, -0.1) is 0 Å². The highest BCUT2D eigenvalue weighted by molar-refractivity contribution is 5.93. The second kappa shape index (κ2) is 12.1. The van der Waals surface area contributed by atoms with E-state index in [1.807, 2.05) is 50.2 Å². The zero-order chi connectivity index (χ0) is 28.1. The summed E-state index contributed by atoms with van der Waals surface area (Å²) < 4.78 is 5.75. The van der Waals surface area contributed by atoms with E-state index in [4.69, 9.17) is 4.74 Å². The average Bonchev–Trinajstić information content (AvgIpc) is 3.20. The van der Waals surface area contributed by atoms with E-state index in [9.17, 15) is 24.3 Å². The second-order valence-electron chi connectivity index (χ2n) is 10.4. The van der Waals surface area contributed by atoms with Crippen molar-refractivity contribution >= 4 is 23.9 Å². The van der Waals surface area contributed by atoms with E-state index in [1.54, 1.807) is 0 Å². The molecule has 2 aromatic rings. The first-order valence-corrected chi connectivity index (χ1v) is 12.7. The number of nitrogens with zero attached hydrogens (tertiary/aromatic N) is 3. The van der Waals surface area contributed by atoms with Crippen LogP contribution in [0.25, 0.3) is 11.1 Å². The van der Waals surface area contributed by atoms with Gasteiger partial charge in [-0.2, -0.15) is 0 Å². The second-order valence-corrected chi connectivity index (χ2v) is 10.4. The first-order valence-electron chi connectivity index (χ1n) is 12.7. The number of amides is 3. The van der Waals surface area contributed by atoms with Crippen LogP contribution >= 0.6 is 0 Å². The molecular weight excluding hydrogens is 486 g/mol. The number of fused-ring (bicyclic) bond motifs is 3. The summed E-state index contributed by atoms with van der Waals surface area (Å²) in [5, 5.41) is 9.35. The Morgan fingerprint density at radius 1 is 0.816 bits per heavy atom. The zero-order valence-electron chi connectivity index (χ0n) is 22.9. The summed E-state index contributed by atoms with van der Waals surface area (Å²) >= 11 is 0. The van der Waals surface area contributed by atoms with Crippen LogP contribution in [0.2, 0.25) is 0 Å². The van der Waals surface area contributed by atoms with Crippen molar-refractivity contribution < 1.29 is 29.0 Å². The SMILES string of the molecule is CC(C)C[C@@H](C(=O)N(C)[C@@H](CC(=O)O)C(=O)N(C)C)N(C)C(=O)OCC1c2ccccc2-c2ccccc21. The third-order valence-electron chi connectivity index (χ3n) is 6.98. The predicted octanol–water partition coefficient (Wildman–Crippen LogP) is 3.67. The Balaban J connectivity index is 1.79. The molecule has 204 valence electrons. The maximum Gasteiger partial charge on any atom is 0.410 e. The number of likely N-dealkylation sites (N-methyl/N-ethyl adjacent to an activating group) is 3. The van der Waals surface area contributed by atoms with Gasteiger partial charge in [-0.05, 0) is 34.6 Å². The molecule has 0 aliphatic heterocycles. The molecule has 2 aromatic carbocycles. The molecule has 1 N–H and O–H groups in total. The molecule has 3 rings (SSSR count). The minimum atomic E-state index is -1.20. The molecular formula is C29H37N3O6. The number of hydrogen-bond acceptors (Lipinski definition) is 5. The number of carbonyl (C=O) groups excluding carboxylic acids is 3. The topological polar surface area (TPSA) is 107 Å². The monoisotopic (exact) mass is 523 g/mol. The van der Waals surface area contributed by atoms with Gasteiger partial charge in [0, 0.05) is 34.1 Å². The smallest absolute Gasteiger partial charge is 0.410 e. The number of hydrogen-bond donors (Lipinski definition) is 1. The number of carboxylic acid groups (broad SMARTS) is 1. The van der Waals surface area contributed by atoms with Crippen molar-refractivity contribution in [3.63, 3.8) is 0 Å². The lowest BCUT2D eigenvalue weighted by atomic mass is 9.98. The van der Waals surface area contributed by atoms with Crippen molar-refractivity contribution in [1.29, 1.82) is 0 Å². The number of rotatable bonds is 10. The van der Waals surface area contributed by atoms with Crippen LogP contribution in [0.4, 0.5) is 4.79 Å². The first-order chi connectivity index (χ1) is 17.9. The lowest BCUT2D eigenvalue weighted by Gasteiger charge is -2.35. The molecule has 3 amide bonds. The average molecular weight is 524 g/mol. The van der Waals surface area contributed by atoms with Crippen molar-refractivity contribution in [3.8, 4) is 11.1 Å². The Morgan fingerprint density at radius 2 is 1.34 bits per heavy atom. The van der Waals surface area contributed by atoms with Crippen molar-refractivity contribution in [2.75, 3.05) is 34.8 Å². The lowest BCUT2D eigenvalue weighted by molar-refractivity contribution is -0.150. The molecule has 0 heterocycles. The lowest BCUT2D eigenvalue weighted by Crippen LogP contribution is -2.55. The van der Waals surface area contributed by atoms with Gasteiger partial charge >= 0.3 is 12.1 Å². The Kier molecular flexibility index (Phi) is 9.14. The number of carboxylic acids is 1. The Morgan fingerprint density at radius 3 is 1.82 bits per heavy atom. The molecule has 0 saturated heterocycles. The van der Waals surface area contributed by atoms with Gasteiger partial charge in [-0.25, -0.2) is 4.79 Å². The summed E-state index contributed by atoms with van der Waals surface area (Å²) in [4.78, 5) is 54.6. The Bertz CT molecular complexity index is 1150. The van der Waals surface area contributed by atoms with Crippen LogP contribution in [0.3, 0.4) is 0 Å². The summed E-state index contributed by atoms with van der Waals surface area (Å²) in [7, 11) is 5.90. The summed E-state index contributed by atoms with van der Waals surface area (Å²) in [6.45, 7) is 3.95. The van der Waals surface area contributed by atoms with Gasteiger partial charge in [0.2, 0.25) is 11.8 Å². The molecule has 0 unspecified atom stereocenters. The van der Waals surface area contributed by atoms with Gasteiger partial charge < -0.3 is 19.6 Å². The molecule has 9 nitrogen and oxygen atoms in total.